The van der Waals surface area contributed by atoms with Gasteiger partial charge in [-0.1, -0.05) is 51.4 Å². The summed E-state index contributed by atoms with van der Waals surface area (Å²) in [6, 6.07) is 6.90. The summed E-state index contributed by atoms with van der Waals surface area (Å²) in [6.07, 6.45) is 0.857. The van der Waals surface area contributed by atoms with Gasteiger partial charge in [0, 0.05) is 24.7 Å². The lowest BCUT2D eigenvalue weighted by Crippen LogP contribution is -2.57. The first-order valence-electron chi connectivity index (χ1n) is 10.6. The molecule has 1 aromatic rings. The molecule has 0 spiro atoms. The van der Waals surface area contributed by atoms with Gasteiger partial charge in [0.2, 0.25) is 5.91 Å². The molecular weight excluding hydrogens is 402 g/mol. The van der Waals surface area contributed by atoms with Crippen LogP contribution in [-0.4, -0.2) is 53.2 Å². The van der Waals surface area contributed by atoms with Gasteiger partial charge in [0.15, 0.2) is 0 Å². The topological polar surface area (TPSA) is 81.7 Å². The molecule has 0 aromatic heterocycles. The van der Waals surface area contributed by atoms with Gasteiger partial charge in [0.1, 0.15) is 6.04 Å². The molecule has 0 saturated carbocycles. The molecule has 6 nitrogen and oxygen atoms in total. The van der Waals surface area contributed by atoms with E-state index in [1.165, 1.54) is 5.56 Å². The number of halogens is 1. The molecular formula is C23H36ClN3O3. The van der Waals surface area contributed by atoms with E-state index >= 15 is 0 Å². The van der Waals surface area contributed by atoms with E-state index in [-0.39, 0.29) is 23.8 Å². The second kappa shape index (κ2) is 9.56. The zero-order valence-electron chi connectivity index (χ0n) is 19.0. The fourth-order valence-corrected chi connectivity index (χ4v) is 4.18. The second-order valence-corrected chi connectivity index (χ2v) is 10.4. The Balaban J connectivity index is 2.05. The summed E-state index contributed by atoms with van der Waals surface area (Å²) in [5.74, 6) is 0.216. The van der Waals surface area contributed by atoms with Crippen molar-refractivity contribution in [2.75, 3.05) is 19.6 Å². The summed E-state index contributed by atoms with van der Waals surface area (Å²) < 4.78 is 0. The number of likely N-dealkylation sites (tertiary alicyclic amines) is 1. The minimum atomic E-state index is -1.01. The first-order valence-corrected chi connectivity index (χ1v) is 11.0. The molecule has 1 aliphatic rings. The van der Waals surface area contributed by atoms with Gasteiger partial charge < -0.3 is 20.6 Å². The van der Waals surface area contributed by atoms with Crippen molar-refractivity contribution >= 4 is 23.5 Å². The molecule has 168 valence electrons. The van der Waals surface area contributed by atoms with E-state index in [0.29, 0.717) is 19.0 Å². The molecule has 1 aliphatic heterocycles. The highest BCUT2D eigenvalue weighted by Gasteiger charge is 2.40. The van der Waals surface area contributed by atoms with Gasteiger partial charge in [-0.05, 0) is 55.2 Å². The average molecular weight is 438 g/mol. The number of nitrogens with zero attached hydrogens (tertiary/aromatic N) is 1. The maximum Gasteiger partial charge on any atom is 0.315 e. The minimum absolute atomic E-state index is 0.0533. The van der Waals surface area contributed by atoms with E-state index in [4.69, 9.17) is 11.6 Å². The summed E-state index contributed by atoms with van der Waals surface area (Å²) in [4.78, 5) is 27.4. The van der Waals surface area contributed by atoms with Crippen LogP contribution in [0.15, 0.2) is 24.3 Å². The van der Waals surface area contributed by atoms with Crippen LogP contribution in [0.3, 0.4) is 0 Å². The quantitative estimate of drug-likeness (QED) is 0.633. The molecule has 0 aliphatic carbocycles. The van der Waals surface area contributed by atoms with Gasteiger partial charge in [-0.3, -0.25) is 4.79 Å². The molecule has 2 rings (SSSR count). The van der Waals surface area contributed by atoms with Crippen LogP contribution in [0.4, 0.5) is 4.79 Å². The Morgan fingerprint density at radius 1 is 1.27 bits per heavy atom. The highest BCUT2D eigenvalue weighted by molar-refractivity contribution is 6.30. The molecule has 3 amide bonds. The number of nitrogens with one attached hydrogen (secondary N) is 2. The number of piperidine rings is 1. The standard InChI is InChI=1S/C23H36ClN3O3/c1-15(2)19(26-21(29)25-13-23(5,6)30)20(28)27-12-11-18(22(3,4)14-27)16-7-9-17(24)10-8-16/h7-10,15,18-19,30H,11-14H2,1-6H3,(H2,25,26,29)/t18?,19-/m1/s1. The molecule has 1 unspecified atom stereocenters. The van der Waals surface area contributed by atoms with Gasteiger partial charge in [-0.25, -0.2) is 4.79 Å². The monoisotopic (exact) mass is 437 g/mol. The highest BCUT2D eigenvalue weighted by atomic mass is 35.5. The van der Waals surface area contributed by atoms with Crippen molar-refractivity contribution in [3.63, 3.8) is 0 Å². The minimum Gasteiger partial charge on any atom is -0.389 e. The lowest BCUT2D eigenvalue weighted by atomic mass is 9.70. The van der Waals surface area contributed by atoms with Crippen LogP contribution in [0.25, 0.3) is 0 Å². The fraction of sp³-hybridized carbons (Fsp3) is 0.652. The van der Waals surface area contributed by atoms with Crippen molar-refractivity contribution in [3.05, 3.63) is 34.9 Å². The number of carbonyl (C=O) groups excluding carboxylic acids is 2. The Morgan fingerprint density at radius 3 is 2.37 bits per heavy atom. The number of hydrogen-bond acceptors (Lipinski definition) is 3. The largest absolute Gasteiger partial charge is 0.389 e. The van der Waals surface area contributed by atoms with Crippen LogP contribution in [0.1, 0.15) is 59.4 Å². The Bertz CT molecular complexity index is 741. The number of benzene rings is 1. The van der Waals surface area contributed by atoms with E-state index in [0.717, 1.165) is 11.4 Å². The summed E-state index contributed by atoms with van der Waals surface area (Å²) in [7, 11) is 0. The molecule has 7 heteroatoms. The summed E-state index contributed by atoms with van der Waals surface area (Å²) in [5, 5.41) is 15.9. The van der Waals surface area contributed by atoms with Crippen LogP contribution in [-0.2, 0) is 4.79 Å². The Labute approximate surface area is 185 Å². The third-order valence-corrected chi connectivity index (χ3v) is 5.97. The van der Waals surface area contributed by atoms with Crippen molar-refractivity contribution in [2.45, 2.75) is 65.5 Å². The molecule has 3 N–H and O–H groups in total. The van der Waals surface area contributed by atoms with E-state index in [2.05, 4.69) is 36.6 Å². The van der Waals surface area contributed by atoms with Gasteiger partial charge in [-0.15, -0.1) is 0 Å². The highest BCUT2D eigenvalue weighted by Crippen LogP contribution is 2.42. The van der Waals surface area contributed by atoms with E-state index in [1.54, 1.807) is 13.8 Å². The molecule has 1 fully saturated rings. The van der Waals surface area contributed by atoms with Crippen molar-refractivity contribution < 1.29 is 14.7 Å². The molecule has 1 saturated heterocycles. The molecule has 1 aromatic carbocycles. The van der Waals surface area contributed by atoms with Crippen molar-refractivity contribution in [1.29, 1.82) is 0 Å². The number of carbonyl (C=O) groups is 2. The zero-order chi connectivity index (χ0) is 22.7. The number of hydrogen-bond donors (Lipinski definition) is 3. The summed E-state index contributed by atoms with van der Waals surface area (Å²) >= 11 is 6.03. The SMILES string of the molecule is CC(C)[C@@H](NC(=O)NCC(C)(C)O)C(=O)N1CCC(c2ccc(Cl)cc2)C(C)(C)C1. The third-order valence-electron chi connectivity index (χ3n) is 5.71. The first-order chi connectivity index (χ1) is 13.8. The molecule has 2 atom stereocenters. The number of amides is 3. The lowest BCUT2D eigenvalue weighted by molar-refractivity contribution is -0.137. The number of urea groups is 1. The fourth-order valence-electron chi connectivity index (χ4n) is 4.06. The van der Waals surface area contributed by atoms with Crippen LogP contribution < -0.4 is 10.6 Å². The van der Waals surface area contributed by atoms with Crippen LogP contribution >= 0.6 is 11.6 Å². The van der Waals surface area contributed by atoms with Crippen LogP contribution in [0.5, 0.6) is 0 Å². The van der Waals surface area contributed by atoms with E-state index in [1.807, 2.05) is 30.9 Å². The van der Waals surface area contributed by atoms with Crippen molar-refractivity contribution in [1.82, 2.24) is 15.5 Å². The molecule has 0 radical (unpaired) electrons. The normalized spacial score (nSPS) is 20.0. The van der Waals surface area contributed by atoms with Gasteiger partial charge >= 0.3 is 6.03 Å². The summed E-state index contributed by atoms with van der Waals surface area (Å²) in [5.41, 5.74) is 0.121. The number of rotatable bonds is 6. The Hall–Kier alpha value is -1.79. The van der Waals surface area contributed by atoms with E-state index in [9.17, 15) is 14.7 Å². The molecule has 30 heavy (non-hydrogen) atoms. The number of aliphatic hydroxyl groups is 1. The predicted octanol–water partition coefficient (Wildman–Crippen LogP) is 3.78. The average Bonchev–Trinajstić information content (AvgIpc) is 2.63. The third kappa shape index (κ3) is 6.61. The lowest BCUT2D eigenvalue weighted by Gasteiger charge is -2.45. The summed E-state index contributed by atoms with van der Waals surface area (Å²) in [6.45, 7) is 12.8. The zero-order valence-corrected chi connectivity index (χ0v) is 19.7. The Kier molecular flexibility index (Phi) is 7.80. The Morgan fingerprint density at radius 2 is 1.87 bits per heavy atom. The van der Waals surface area contributed by atoms with Crippen molar-refractivity contribution in [2.24, 2.45) is 11.3 Å². The van der Waals surface area contributed by atoms with Crippen LogP contribution in [0, 0.1) is 11.3 Å². The maximum atomic E-state index is 13.3. The van der Waals surface area contributed by atoms with Gasteiger partial charge in [0.25, 0.3) is 0 Å². The maximum absolute atomic E-state index is 13.3. The molecule has 0 bridgehead atoms. The van der Waals surface area contributed by atoms with Gasteiger partial charge in [0.05, 0.1) is 5.60 Å². The smallest absolute Gasteiger partial charge is 0.315 e. The van der Waals surface area contributed by atoms with Gasteiger partial charge in [-0.2, -0.15) is 0 Å². The predicted molar refractivity (Wildman–Crippen MR) is 121 cm³/mol. The van der Waals surface area contributed by atoms with Crippen LogP contribution in [0.2, 0.25) is 5.02 Å². The van der Waals surface area contributed by atoms with Crippen molar-refractivity contribution in [3.8, 4) is 0 Å². The molecule has 1 heterocycles. The second-order valence-electron chi connectivity index (χ2n) is 10.0. The first kappa shape index (κ1) is 24.5. The van der Waals surface area contributed by atoms with E-state index < -0.39 is 17.7 Å².